The lowest BCUT2D eigenvalue weighted by atomic mass is 10.1. The Hall–Kier alpha value is -2.17. The fraction of sp³-hybridized carbons (Fsp3) is 0. The van der Waals surface area contributed by atoms with Gasteiger partial charge in [0.2, 0.25) is 5.89 Å². The average molecular weight is 253 g/mol. The molecule has 5 nitrogen and oxygen atoms in total. The van der Waals surface area contributed by atoms with Crippen molar-refractivity contribution in [3.8, 4) is 11.5 Å². The molecule has 1 aromatic carbocycles. The highest BCUT2D eigenvalue weighted by Gasteiger charge is 2.23. The number of rotatable bonds is 3. The van der Waals surface area contributed by atoms with Crippen molar-refractivity contribution in [2.45, 2.75) is 0 Å². The van der Waals surface area contributed by atoms with Crippen molar-refractivity contribution >= 4 is 5.69 Å². The summed E-state index contributed by atoms with van der Waals surface area (Å²) in [6.07, 6.45) is 9.35. The van der Waals surface area contributed by atoms with Crippen LogP contribution in [0.3, 0.4) is 0 Å². The second-order valence-corrected chi connectivity index (χ2v) is 4.01. The number of nitrogens with zero attached hydrogens (tertiary/aromatic N) is 2. The number of hydrogen-bond donors (Lipinski definition) is 0. The summed E-state index contributed by atoms with van der Waals surface area (Å²) in [6, 6.07) is 6.11. The molecule has 1 aromatic heterocycles. The first-order chi connectivity index (χ1) is 9.24. The molecule has 0 aliphatic heterocycles. The van der Waals surface area contributed by atoms with E-state index in [1.54, 1.807) is 18.3 Å². The molecule has 0 amide bonds. The predicted octanol–water partition coefficient (Wildman–Crippen LogP) is 3.00. The third kappa shape index (κ3) is 2.36. The molecule has 1 fully saturated rings. The minimum absolute atomic E-state index is 0.0477. The molecule has 1 saturated carbocycles. The van der Waals surface area contributed by atoms with Crippen LogP contribution in [-0.2, 0) is 0 Å². The van der Waals surface area contributed by atoms with Crippen LogP contribution in [0.15, 0.2) is 34.9 Å². The monoisotopic (exact) mass is 253 g/mol. The molecule has 3 rings (SSSR count). The van der Waals surface area contributed by atoms with E-state index in [0.717, 1.165) is 5.92 Å². The van der Waals surface area contributed by atoms with Crippen molar-refractivity contribution in [1.29, 1.82) is 0 Å². The van der Waals surface area contributed by atoms with E-state index in [1.165, 1.54) is 12.1 Å². The van der Waals surface area contributed by atoms with E-state index in [2.05, 4.69) is 4.98 Å². The number of nitro groups is 1. The molecular weight excluding hydrogens is 244 g/mol. The van der Waals surface area contributed by atoms with Crippen LogP contribution in [-0.4, -0.2) is 9.91 Å². The molecule has 19 heavy (non-hydrogen) atoms. The Bertz CT molecular complexity index is 583. The maximum atomic E-state index is 10.6. The zero-order chi connectivity index (χ0) is 13.2. The third-order valence-corrected chi connectivity index (χ3v) is 2.78. The number of nitro benzene ring substituents is 1. The lowest BCUT2D eigenvalue weighted by molar-refractivity contribution is -0.384. The van der Waals surface area contributed by atoms with Crippen LogP contribution in [0.1, 0.15) is 5.76 Å². The molecule has 2 aromatic rings. The molecule has 0 N–H and O–H groups in total. The van der Waals surface area contributed by atoms with Crippen LogP contribution < -0.4 is 0 Å². The summed E-state index contributed by atoms with van der Waals surface area (Å²) >= 11 is 0. The smallest absolute Gasteiger partial charge is 0.269 e. The first kappa shape index (κ1) is 11.9. The Kier molecular flexibility index (Phi) is 3.03. The zero-order valence-electron chi connectivity index (χ0n) is 9.82. The summed E-state index contributed by atoms with van der Waals surface area (Å²) in [5.41, 5.74) is 0.759. The average Bonchev–Trinajstić information content (AvgIpc) is 3.10. The highest BCUT2D eigenvalue weighted by atomic mass is 16.6. The van der Waals surface area contributed by atoms with Gasteiger partial charge in [0.05, 0.1) is 17.0 Å². The van der Waals surface area contributed by atoms with Gasteiger partial charge in [0, 0.05) is 17.7 Å². The predicted molar refractivity (Wildman–Crippen MR) is 68.1 cm³/mol. The minimum atomic E-state index is -0.436. The van der Waals surface area contributed by atoms with Crippen LogP contribution in [0.25, 0.3) is 11.5 Å². The normalized spacial score (nSPS) is 15.8. The van der Waals surface area contributed by atoms with Crippen LogP contribution in [0.4, 0.5) is 5.69 Å². The summed E-state index contributed by atoms with van der Waals surface area (Å²) in [6.45, 7) is 0. The number of benzene rings is 1. The Morgan fingerprint density at radius 1 is 1.11 bits per heavy atom. The molecular formula is C14H9N2O3. The van der Waals surface area contributed by atoms with E-state index in [4.69, 9.17) is 4.42 Å². The highest BCUT2D eigenvalue weighted by molar-refractivity contribution is 5.57. The van der Waals surface area contributed by atoms with Crippen molar-refractivity contribution in [3.05, 3.63) is 77.9 Å². The Labute approximate surface area is 110 Å². The lowest BCUT2D eigenvalue weighted by Gasteiger charge is -2.01. The molecule has 0 bridgehead atoms. The summed E-state index contributed by atoms with van der Waals surface area (Å²) in [4.78, 5) is 14.3. The fourth-order valence-electron chi connectivity index (χ4n) is 1.81. The molecule has 0 spiro atoms. The SMILES string of the molecule is O=[N+]([O-])c1ccc(-c2ncc([C]3[CH][CH][CH][CH]3)o2)cc1. The van der Waals surface area contributed by atoms with Gasteiger partial charge in [-0.25, -0.2) is 4.98 Å². The van der Waals surface area contributed by atoms with Crippen LogP contribution >= 0.6 is 0 Å². The van der Waals surface area contributed by atoms with Crippen molar-refractivity contribution in [1.82, 2.24) is 4.98 Å². The van der Waals surface area contributed by atoms with Crippen molar-refractivity contribution in [3.63, 3.8) is 0 Å². The lowest BCUT2D eigenvalue weighted by Crippen LogP contribution is -1.91. The zero-order valence-corrected chi connectivity index (χ0v) is 9.82. The molecule has 1 aliphatic carbocycles. The van der Waals surface area contributed by atoms with Gasteiger partial charge >= 0.3 is 0 Å². The quantitative estimate of drug-likeness (QED) is 0.622. The van der Waals surface area contributed by atoms with Crippen molar-refractivity contribution in [2.24, 2.45) is 0 Å². The van der Waals surface area contributed by atoms with Gasteiger partial charge in [0.15, 0.2) is 0 Å². The van der Waals surface area contributed by atoms with Gasteiger partial charge in [-0.2, -0.15) is 0 Å². The van der Waals surface area contributed by atoms with E-state index in [0.29, 0.717) is 17.2 Å². The molecule has 5 radical (unpaired) electrons. The summed E-state index contributed by atoms with van der Waals surface area (Å²) in [5, 5.41) is 10.6. The van der Waals surface area contributed by atoms with Gasteiger partial charge in [-0.3, -0.25) is 10.1 Å². The molecule has 93 valence electrons. The number of non-ortho nitro benzene ring substituents is 1. The number of oxazole rings is 1. The molecule has 5 heteroatoms. The minimum Gasteiger partial charge on any atom is -0.441 e. The van der Waals surface area contributed by atoms with Gasteiger partial charge in [0.1, 0.15) is 5.76 Å². The van der Waals surface area contributed by atoms with Crippen molar-refractivity contribution < 1.29 is 9.34 Å². The third-order valence-electron chi connectivity index (χ3n) is 2.78. The second kappa shape index (κ2) is 4.84. The molecule has 1 heterocycles. The van der Waals surface area contributed by atoms with E-state index >= 15 is 0 Å². The van der Waals surface area contributed by atoms with Gasteiger partial charge < -0.3 is 4.42 Å². The van der Waals surface area contributed by atoms with E-state index in [-0.39, 0.29) is 5.69 Å². The largest absolute Gasteiger partial charge is 0.441 e. The first-order valence-corrected chi connectivity index (χ1v) is 5.67. The summed E-state index contributed by atoms with van der Waals surface area (Å²) < 4.78 is 5.63. The Balaban J connectivity index is 1.83. The second-order valence-electron chi connectivity index (χ2n) is 4.01. The van der Waals surface area contributed by atoms with Crippen LogP contribution in [0.5, 0.6) is 0 Å². The van der Waals surface area contributed by atoms with Gasteiger partial charge in [-0.1, -0.05) is 0 Å². The van der Waals surface area contributed by atoms with Gasteiger partial charge in [0.25, 0.3) is 5.69 Å². The summed E-state index contributed by atoms with van der Waals surface area (Å²) in [5.74, 6) is 2.09. The molecule has 0 saturated heterocycles. The van der Waals surface area contributed by atoms with Crippen LogP contribution in [0, 0.1) is 41.7 Å². The van der Waals surface area contributed by atoms with Gasteiger partial charge in [-0.05, 0) is 37.8 Å². The standard InChI is InChI=1S/C14H9N2O3/c17-16(18)12-7-5-11(6-8-12)14-15-9-13(19-14)10-3-1-2-4-10/h1-9H. The highest BCUT2D eigenvalue weighted by Crippen LogP contribution is 2.32. The van der Waals surface area contributed by atoms with Crippen LogP contribution in [0.2, 0.25) is 0 Å². The maximum absolute atomic E-state index is 10.6. The van der Waals surface area contributed by atoms with Crippen molar-refractivity contribution in [2.75, 3.05) is 0 Å². The molecule has 0 unspecified atom stereocenters. The summed E-state index contributed by atoms with van der Waals surface area (Å²) in [7, 11) is 0. The number of aromatic nitrogens is 1. The van der Waals surface area contributed by atoms with E-state index in [1.807, 2.05) is 25.7 Å². The van der Waals surface area contributed by atoms with Gasteiger partial charge in [-0.15, -0.1) is 0 Å². The topological polar surface area (TPSA) is 69.2 Å². The van der Waals surface area contributed by atoms with E-state index < -0.39 is 4.92 Å². The van der Waals surface area contributed by atoms with E-state index in [9.17, 15) is 10.1 Å². The Morgan fingerprint density at radius 3 is 2.42 bits per heavy atom. The fourth-order valence-corrected chi connectivity index (χ4v) is 1.81. The first-order valence-electron chi connectivity index (χ1n) is 5.67. The number of hydrogen-bond acceptors (Lipinski definition) is 4. The Morgan fingerprint density at radius 2 is 1.79 bits per heavy atom. The molecule has 1 aliphatic rings. The molecule has 0 atom stereocenters. The maximum Gasteiger partial charge on any atom is 0.269 e.